The number of pyridine rings is 1. The van der Waals surface area contributed by atoms with Gasteiger partial charge in [-0.05, 0) is 38.5 Å². The van der Waals surface area contributed by atoms with Gasteiger partial charge in [0.2, 0.25) is 5.91 Å². The van der Waals surface area contributed by atoms with Crippen molar-refractivity contribution >= 4 is 29.2 Å². The number of ether oxygens (including phenoxy) is 1. The summed E-state index contributed by atoms with van der Waals surface area (Å²) in [7, 11) is 0. The topological polar surface area (TPSA) is 106 Å². The number of aromatic nitrogens is 1. The van der Waals surface area contributed by atoms with E-state index in [9.17, 15) is 24.2 Å². The Morgan fingerprint density at radius 3 is 2.70 bits per heavy atom. The lowest BCUT2D eigenvalue weighted by Gasteiger charge is -2.40. The highest BCUT2D eigenvalue weighted by Crippen LogP contribution is 2.48. The molecule has 196 valence electrons. The number of phenolic OH excluding ortho intramolecular Hbond substituents is 1. The molecule has 0 aliphatic carbocycles. The second kappa shape index (κ2) is 9.18. The molecule has 2 atom stereocenters. The van der Waals surface area contributed by atoms with Crippen molar-refractivity contribution in [2.45, 2.75) is 38.0 Å². The quantitative estimate of drug-likeness (QED) is 0.588. The third-order valence-electron chi connectivity index (χ3n) is 7.28. The molecule has 2 unspecified atom stereocenters. The highest BCUT2D eigenvalue weighted by Gasteiger charge is 2.45. The summed E-state index contributed by atoms with van der Waals surface area (Å²) in [5, 5.41) is 20.9. The molecule has 1 aromatic carbocycles. The number of carbonyl (C=O) groups excluding carboxylic acids is 2. The fourth-order valence-electron chi connectivity index (χ4n) is 5.47. The summed E-state index contributed by atoms with van der Waals surface area (Å²) >= 11 is 6.74. The van der Waals surface area contributed by atoms with E-state index in [-0.39, 0.29) is 77.2 Å². The van der Waals surface area contributed by atoms with Gasteiger partial charge in [-0.3, -0.25) is 9.59 Å². The number of carbonyl (C=O) groups is 2. The number of aliphatic hydroxyl groups is 1. The number of phenols is 1. The molecule has 9 nitrogen and oxygen atoms in total. The van der Waals surface area contributed by atoms with Crippen molar-refractivity contribution in [1.82, 2.24) is 14.8 Å². The first-order valence-corrected chi connectivity index (χ1v) is 12.4. The van der Waals surface area contributed by atoms with Crippen molar-refractivity contribution < 1.29 is 28.9 Å². The summed E-state index contributed by atoms with van der Waals surface area (Å²) in [6.07, 6.45) is 0.986. The Balaban J connectivity index is 1.70. The maximum Gasteiger partial charge on any atom is 0.261 e. The molecule has 37 heavy (non-hydrogen) atoms. The van der Waals surface area contributed by atoms with Gasteiger partial charge in [-0.15, -0.1) is 0 Å². The molecule has 4 heterocycles. The molecule has 5 rings (SSSR count). The van der Waals surface area contributed by atoms with Crippen LogP contribution in [-0.4, -0.2) is 87.3 Å². The Morgan fingerprint density at radius 1 is 1.30 bits per heavy atom. The molecule has 3 aliphatic rings. The van der Waals surface area contributed by atoms with Crippen LogP contribution in [0, 0.1) is 5.82 Å². The van der Waals surface area contributed by atoms with Gasteiger partial charge in [0, 0.05) is 31.7 Å². The van der Waals surface area contributed by atoms with Crippen LogP contribution in [0.5, 0.6) is 11.5 Å². The van der Waals surface area contributed by atoms with Crippen LogP contribution in [0.2, 0.25) is 5.02 Å². The monoisotopic (exact) mass is 530 g/mol. The molecule has 11 heteroatoms. The number of rotatable bonds is 3. The van der Waals surface area contributed by atoms with E-state index in [2.05, 4.69) is 11.6 Å². The van der Waals surface area contributed by atoms with Crippen LogP contribution in [0.15, 0.2) is 30.9 Å². The molecule has 3 aliphatic heterocycles. The number of aromatic hydroxyl groups is 1. The Labute approximate surface area is 218 Å². The Hall–Kier alpha value is -3.37. The van der Waals surface area contributed by atoms with Crippen molar-refractivity contribution in [3.63, 3.8) is 0 Å². The van der Waals surface area contributed by atoms with E-state index >= 15 is 0 Å². The molecule has 2 aromatic rings. The van der Waals surface area contributed by atoms with Crippen molar-refractivity contribution in [1.29, 1.82) is 0 Å². The lowest BCUT2D eigenvalue weighted by Crippen LogP contribution is -2.57. The first kappa shape index (κ1) is 25.3. The van der Waals surface area contributed by atoms with Crippen molar-refractivity contribution in [3.05, 3.63) is 47.3 Å². The predicted molar refractivity (Wildman–Crippen MR) is 135 cm³/mol. The fourth-order valence-corrected chi connectivity index (χ4v) is 5.75. The zero-order valence-electron chi connectivity index (χ0n) is 20.6. The number of fused-ring (bicyclic) bond motifs is 2. The van der Waals surface area contributed by atoms with Crippen LogP contribution in [0.3, 0.4) is 0 Å². The minimum absolute atomic E-state index is 0.0301. The van der Waals surface area contributed by atoms with Crippen molar-refractivity contribution in [3.8, 4) is 22.8 Å². The van der Waals surface area contributed by atoms with E-state index in [0.29, 0.717) is 13.0 Å². The molecular weight excluding hydrogens is 503 g/mol. The van der Waals surface area contributed by atoms with Gasteiger partial charge in [0.25, 0.3) is 5.91 Å². The third-order valence-corrected chi connectivity index (χ3v) is 7.63. The van der Waals surface area contributed by atoms with Crippen LogP contribution in [0.25, 0.3) is 11.3 Å². The van der Waals surface area contributed by atoms with Gasteiger partial charge in [0.15, 0.2) is 5.75 Å². The van der Waals surface area contributed by atoms with E-state index in [1.165, 1.54) is 24.3 Å². The second-order valence-corrected chi connectivity index (χ2v) is 10.5. The maximum absolute atomic E-state index is 14.9. The third kappa shape index (κ3) is 4.18. The second-order valence-electron chi connectivity index (χ2n) is 10.2. The maximum atomic E-state index is 14.9. The van der Waals surface area contributed by atoms with Crippen LogP contribution in [-0.2, 0) is 4.79 Å². The minimum atomic E-state index is -0.739. The van der Waals surface area contributed by atoms with Gasteiger partial charge >= 0.3 is 0 Å². The van der Waals surface area contributed by atoms with E-state index in [1.807, 2.05) is 13.8 Å². The summed E-state index contributed by atoms with van der Waals surface area (Å²) in [5.41, 5.74) is -0.768. The predicted octanol–water partition coefficient (Wildman–Crippen LogP) is 2.83. The number of amides is 2. The Kier molecular flexibility index (Phi) is 6.27. The fraction of sp³-hybridized carbons (Fsp3) is 0.423. The molecule has 0 spiro atoms. The molecule has 1 aromatic heterocycles. The van der Waals surface area contributed by atoms with Crippen molar-refractivity contribution in [2.75, 3.05) is 37.7 Å². The zero-order valence-corrected chi connectivity index (χ0v) is 21.3. The molecule has 2 saturated heterocycles. The van der Waals surface area contributed by atoms with Gasteiger partial charge in [0.05, 0.1) is 17.7 Å². The first-order valence-electron chi connectivity index (χ1n) is 12.1. The number of nitrogens with zero attached hydrogens (tertiary/aromatic N) is 4. The Bertz CT molecular complexity index is 1280. The zero-order chi connectivity index (χ0) is 26.6. The first-order chi connectivity index (χ1) is 17.5. The molecule has 2 fully saturated rings. The molecule has 0 radical (unpaired) electrons. The molecule has 2 N–H and O–H groups in total. The highest BCUT2D eigenvalue weighted by molar-refractivity contribution is 6.35. The molecular formula is C26H28ClFN4O5. The summed E-state index contributed by atoms with van der Waals surface area (Å²) in [4.78, 5) is 35.9. The lowest BCUT2D eigenvalue weighted by molar-refractivity contribution is -0.128. The lowest BCUT2D eigenvalue weighted by atomic mass is 10.00. The normalized spacial score (nSPS) is 22.7. The minimum Gasteiger partial charge on any atom is -0.507 e. The van der Waals surface area contributed by atoms with Gasteiger partial charge < -0.3 is 29.6 Å². The average molecular weight is 531 g/mol. The van der Waals surface area contributed by atoms with Crippen LogP contribution < -0.4 is 9.64 Å². The largest absolute Gasteiger partial charge is 0.507 e. The van der Waals surface area contributed by atoms with Crippen molar-refractivity contribution in [2.24, 2.45) is 0 Å². The average Bonchev–Trinajstić information content (AvgIpc) is 3.04. The standard InChI is InChI=1S/C26H28ClFN4O5/c1-4-18(35)30-8-9-31-14(11-30)13-37-23-20(25(31)36)24(32-12-15(33)10-26(32,2)3)29-22(21(23)27)19-16(28)6-5-7-17(19)34/h4-7,14-15,33-34H,1,8-13H2,2-3H3. The van der Waals surface area contributed by atoms with Gasteiger partial charge in [-0.1, -0.05) is 24.2 Å². The summed E-state index contributed by atoms with van der Waals surface area (Å²) < 4.78 is 21.1. The van der Waals surface area contributed by atoms with E-state index in [1.54, 1.807) is 14.7 Å². The number of β-amino-alcohol motifs (C(OH)–C–C–N with tert-alkyl or cyclic N) is 1. The number of benzene rings is 1. The number of piperazine rings is 1. The van der Waals surface area contributed by atoms with Crippen LogP contribution in [0.4, 0.5) is 10.2 Å². The molecule has 2 amide bonds. The van der Waals surface area contributed by atoms with Crippen LogP contribution in [0.1, 0.15) is 30.6 Å². The number of hydrogen-bond donors (Lipinski definition) is 2. The van der Waals surface area contributed by atoms with E-state index in [4.69, 9.17) is 16.3 Å². The Morgan fingerprint density at radius 2 is 2.05 bits per heavy atom. The number of hydrogen-bond acceptors (Lipinski definition) is 7. The van der Waals surface area contributed by atoms with Crippen LogP contribution >= 0.6 is 11.6 Å². The van der Waals surface area contributed by atoms with E-state index < -0.39 is 23.5 Å². The van der Waals surface area contributed by atoms with Gasteiger partial charge in [-0.2, -0.15) is 0 Å². The van der Waals surface area contributed by atoms with E-state index in [0.717, 1.165) is 0 Å². The van der Waals surface area contributed by atoms with Gasteiger partial charge in [-0.25, -0.2) is 9.37 Å². The highest BCUT2D eigenvalue weighted by atomic mass is 35.5. The summed E-state index contributed by atoms with van der Waals surface area (Å²) in [6, 6.07) is 3.41. The summed E-state index contributed by atoms with van der Waals surface area (Å²) in [6.45, 7) is 8.44. The smallest absolute Gasteiger partial charge is 0.261 e. The summed E-state index contributed by atoms with van der Waals surface area (Å²) in [5.74, 6) is -1.50. The SMILES string of the molecule is C=CC(=O)N1CCN2C(=O)c3c(N4CC(O)CC4(C)C)nc(-c4c(O)cccc4F)c(Cl)c3OCC2C1. The van der Waals surface area contributed by atoms with Gasteiger partial charge in [0.1, 0.15) is 40.3 Å². The number of anilines is 1. The number of aliphatic hydroxyl groups excluding tert-OH is 1. The molecule has 0 saturated carbocycles. The molecule has 0 bridgehead atoms. The number of halogens is 2.